The largest absolute Gasteiger partial charge is 0.368 e. The Hall–Kier alpha value is -0.329. The van der Waals surface area contributed by atoms with Gasteiger partial charge in [0, 0.05) is 0 Å². The van der Waals surface area contributed by atoms with Crippen molar-refractivity contribution >= 4 is 50.6 Å². The van der Waals surface area contributed by atoms with Crippen molar-refractivity contribution in [3.8, 4) is 0 Å². The SMILES string of the molecule is C[Si](C)(F)N1[Si](C)(C)N([Si](C)(C)n2cccc2)[Si](C)(C)N([Si](C)(C)n2cccc2)[Si]1(C)C. The summed E-state index contributed by atoms with van der Waals surface area (Å²) in [7, 11) is -14.0. The fraction of sp³-hybridized carbons (Fsp3) is 0.600. The molecule has 1 fully saturated rings. The minimum atomic E-state index is -3.08. The first-order valence-corrected chi connectivity index (χ1v) is 29.0. The Morgan fingerprint density at radius 2 is 0.750 bits per heavy atom. The fourth-order valence-corrected chi connectivity index (χ4v) is 67.3. The Balaban J connectivity index is 2.35. The van der Waals surface area contributed by atoms with E-state index >= 15 is 4.11 Å². The van der Waals surface area contributed by atoms with Crippen molar-refractivity contribution in [3.63, 3.8) is 0 Å². The zero-order valence-electron chi connectivity index (χ0n) is 22.2. The minimum absolute atomic E-state index is 1.93. The highest BCUT2D eigenvalue weighted by atomic mass is 28.6. The van der Waals surface area contributed by atoms with Gasteiger partial charge in [-0.15, -0.1) is 0 Å². The lowest BCUT2D eigenvalue weighted by atomic mass is 10.7. The molecule has 0 saturated carbocycles. The predicted octanol–water partition coefficient (Wildman–Crippen LogP) is 5.79. The lowest BCUT2D eigenvalue weighted by Gasteiger charge is -2.74. The van der Waals surface area contributed by atoms with Crippen LogP contribution < -0.4 is 0 Å². The van der Waals surface area contributed by atoms with Gasteiger partial charge < -0.3 is 20.2 Å². The molecule has 0 radical (unpaired) electrons. The van der Waals surface area contributed by atoms with Crippen molar-refractivity contribution in [2.75, 3.05) is 0 Å². The average molecular weight is 542 g/mol. The monoisotopic (exact) mass is 541 g/mol. The van der Waals surface area contributed by atoms with Gasteiger partial charge in [0.15, 0.2) is 25.2 Å². The second-order valence-electron chi connectivity index (χ2n) is 12.1. The third-order valence-corrected chi connectivity index (χ3v) is 49.8. The molecule has 0 aliphatic carbocycles. The average Bonchev–Trinajstić information content (AvgIpc) is 3.24. The first-order chi connectivity index (χ1) is 14.3. The zero-order valence-corrected chi connectivity index (χ0v) is 28.2. The van der Waals surface area contributed by atoms with Crippen molar-refractivity contribution in [2.45, 2.75) is 78.6 Å². The van der Waals surface area contributed by atoms with Crippen molar-refractivity contribution in [3.05, 3.63) is 49.1 Å². The molecule has 2 aromatic rings. The summed E-state index contributed by atoms with van der Waals surface area (Å²) in [6, 6.07) is 8.57. The Morgan fingerprint density at radius 1 is 0.500 bits per heavy atom. The molecule has 180 valence electrons. The molecule has 3 rings (SSSR count). The Morgan fingerprint density at radius 3 is 1.00 bits per heavy atom. The quantitative estimate of drug-likeness (QED) is 0.353. The summed E-state index contributed by atoms with van der Waals surface area (Å²) in [6.45, 7) is 28.7. The van der Waals surface area contributed by atoms with Crippen molar-refractivity contribution < 1.29 is 4.11 Å². The number of halogens is 1. The van der Waals surface area contributed by atoms with E-state index in [1.807, 2.05) is 13.1 Å². The van der Waals surface area contributed by atoms with E-state index in [9.17, 15) is 0 Å². The number of hydrogen-bond donors (Lipinski definition) is 0. The first-order valence-electron chi connectivity index (χ1n) is 11.7. The maximum absolute atomic E-state index is 16.4. The second kappa shape index (κ2) is 7.84. The molecule has 1 aliphatic heterocycles. The van der Waals surface area contributed by atoms with Crippen LogP contribution in [0.25, 0.3) is 0 Å². The number of rotatable bonds is 5. The van der Waals surface area contributed by atoms with Gasteiger partial charge in [0.1, 0.15) is 0 Å². The van der Waals surface area contributed by atoms with Crippen LogP contribution in [0.1, 0.15) is 0 Å². The summed E-state index contributed by atoms with van der Waals surface area (Å²) >= 11 is 0. The maximum Gasteiger partial charge on any atom is 0.305 e. The van der Waals surface area contributed by atoms with E-state index in [0.29, 0.717) is 0 Å². The topological polar surface area (TPSA) is 19.6 Å². The highest BCUT2D eigenvalue weighted by molar-refractivity contribution is 7.20. The van der Waals surface area contributed by atoms with E-state index in [0.717, 1.165) is 0 Å². The van der Waals surface area contributed by atoms with Crippen LogP contribution in [0.15, 0.2) is 49.1 Å². The highest BCUT2D eigenvalue weighted by Crippen LogP contribution is 2.47. The molecule has 1 aliphatic rings. The Bertz CT molecular complexity index is 866. The van der Waals surface area contributed by atoms with E-state index in [1.165, 1.54) is 0 Å². The summed E-state index contributed by atoms with van der Waals surface area (Å²) in [6.07, 6.45) is 8.94. The molecule has 0 aromatic carbocycles. The van der Waals surface area contributed by atoms with Crippen molar-refractivity contribution in [2.24, 2.45) is 0 Å². The summed E-state index contributed by atoms with van der Waals surface area (Å²) in [5.41, 5.74) is 0. The van der Waals surface area contributed by atoms with Crippen LogP contribution in [0.4, 0.5) is 4.11 Å². The molecule has 0 amide bonds. The van der Waals surface area contributed by atoms with Crippen molar-refractivity contribution in [1.82, 2.24) is 20.2 Å². The van der Waals surface area contributed by atoms with Crippen LogP contribution in [0, 0.1) is 0 Å². The van der Waals surface area contributed by atoms with Gasteiger partial charge in [-0.25, -0.2) is 0 Å². The lowest BCUT2D eigenvalue weighted by Crippen LogP contribution is -2.98. The summed E-state index contributed by atoms with van der Waals surface area (Å²) in [4.78, 5) is 0. The van der Waals surface area contributed by atoms with Crippen LogP contribution >= 0.6 is 0 Å². The zero-order chi connectivity index (χ0) is 24.5. The van der Waals surface area contributed by atoms with E-state index in [4.69, 9.17) is 0 Å². The van der Waals surface area contributed by atoms with Gasteiger partial charge in [0.25, 0.3) is 0 Å². The van der Waals surface area contributed by atoms with Crippen LogP contribution in [-0.4, -0.2) is 70.7 Å². The van der Waals surface area contributed by atoms with Gasteiger partial charge in [-0.1, -0.05) is 0 Å². The van der Waals surface area contributed by atoms with Crippen LogP contribution in [0.2, 0.25) is 78.6 Å². The summed E-state index contributed by atoms with van der Waals surface area (Å²) in [5, 5.41) is 0. The number of hydrogen-bond acceptors (Lipinski definition) is 3. The molecule has 0 bridgehead atoms. The third-order valence-electron chi connectivity index (χ3n) is 7.38. The highest BCUT2D eigenvalue weighted by Gasteiger charge is 2.70. The maximum atomic E-state index is 16.4. The van der Waals surface area contributed by atoms with Crippen LogP contribution in [0.3, 0.4) is 0 Å². The standard InChI is InChI=1S/C20H44FN5Si6/c1-27(2,21)24-30(7,8)25(28(3,4)22-17-13-14-18-22)32(11,12)26(31(24,9)10)29(5,6)23-19-15-16-20-23/h13-20H,1-12H3. The molecule has 3 heterocycles. The molecule has 0 atom stereocenters. The van der Waals surface area contributed by atoms with Gasteiger partial charge in [0.05, 0.1) is 0 Å². The van der Waals surface area contributed by atoms with Gasteiger partial charge in [-0.3, -0.25) is 4.11 Å². The molecule has 32 heavy (non-hydrogen) atoms. The van der Waals surface area contributed by atoms with Gasteiger partial charge in [-0.2, -0.15) is 0 Å². The smallest absolute Gasteiger partial charge is 0.305 e. The van der Waals surface area contributed by atoms with Gasteiger partial charge >= 0.3 is 8.57 Å². The van der Waals surface area contributed by atoms with E-state index in [-0.39, 0.29) is 0 Å². The minimum Gasteiger partial charge on any atom is -0.368 e. The molecular formula is C20H44FN5Si6. The molecule has 0 spiro atoms. The van der Waals surface area contributed by atoms with Gasteiger partial charge in [0.2, 0.25) is 16.8 Å². The van der Waals surface area contributed by atoms with E-state index in [1.54, 1.807) is 0 Å². The van der Waals surface area contributed by atoms with Gasteiger partial charge in [-0.05, 0) is 128 Å². The Labute approximate surface area is 201 Å². The first kappa shape index (κ1) is 26.3. The molecule has 2 aromatic heterocycles. The normalized spacial score (nSPS) is 22.9. The molecule has 12 heteroatoms. The second-order valence-corrected chi connectivity index (χ2v) is 38.9. The third kappa shape index (κ3) is 3.84. The molecule has 0 unspecified atom stereocenters. The van der Waals surface area contributed by atoms with E-state index < -0.39 is 50.6 Å². The Kier molecular flexibility index (Phi) is 6.44. The molecule has 1 saturated heterocycles. The van der Waals surface area contributed by atoms with E-state index in [2.05, 4.69) is 135 Å². The summed E-state index contributed by atoms with van der Waals surface area (Å²) < 4.78 is 29.9. The lowest BCUT2D eigenvalue weighted by molar-refractivity contribution is 0.564. The van der Waals surface area contributed by atoms with Crippen LogP contribution in [-0.2, 0) is 0 Å². The summed E-state index contributed by atoms with van der Waals surface area (Å²) in [5.74, 6) is 0. The fourth-order valence-electron chi connectivity index (χ4n) is 7.92. The number of aromatic nitrogens is 2. The molecule has 5 nitrogen and oxygen atoms in total. The van der Waals surface area contributed by atoms with Crippen LogP contribution in [0.5, 0.6) is 0 Å². The molecular weight excluding hydrogens is 498 g/mol. The predicted molar refractivity (Wildman–Crippen MR) is 151 cm³/mol. The molecule has 0 N–H and O–H groups in total. The van der Waals surface area contributed by atoms with Crippen molar-refractivity contribution in [1.29, 1.82) is 0 Å². The number of nitrogens with zero attached hydrogens (tertiary/aromatic N) is 5.